The molecule has 2 heterocycles. The van der Waals surface area contributed by atoms with E-state index in [2.05, 4.69) is 4.98 Å². The normalized spacial score (nSPS) is 18.1. The molecule has 1 atom stereocenters. The van der Waals surface area contributed by atoms with E-state index in [1.165, 1.54) is 12.1 Å². The van der Waals surface area contributed by atoms with Crippen molar-refractivity contribution in [3.05, 3.63) is 101 Å². The smallest absolute Gasteiger partial charge is 0.254 e. The van der Waals surface area contributed by atoms with E-state index in [0.29, 0.717) is 24.1 Å². The molecule has 0 aliphatic carbocycles. The number of rotatable bonds is 3. The lowest BCUT2D eigenvalue weighted by atomic mass is 9.89. The van der Waals surface area contributed by atoms with Gasteiger partial charge in [-0.15, -0.1) is 0 Å². The number of ketones is 1. The number of piperidine rings is 1. The summed E-state index contributed by atoms with van der Waals surface area (Å²) in [6, 6.07) is 20.3. The third-order valence-electron chi connectivity index (χ3n) is 5.00. The van der Waals surface area contributed by atoms with Gasteiger partial charge in [0.2, 0.25) is 0 Å². The van der Waals surface area contributed by atoms with Crippen LogP contribution in [0.15, 0.2) is 84.6 Å². The van der Waals surface area contributed by atoms with Crippen LogP contribution in [0.3, 0.4) is 0 Å². The van der Waals surface area contributed by atoms with Crippen molar-refractivity contribution in [3.63, 3.8) is 0 Å². The Morgan fingerprint density at radius 1 is 1.00 bits per heavy atom. The van der Waals surface area contributed by atoms with Gasteiger partial charge in [-0.3, -0.25) is 14.6 Å². The van der Waals surface area contributed by atoms with Crippen LogP contribution in [-0.2, 0) is 4.79 Å². The number of phenolic OH excluding ortho intramolecular Hbond substituents is 1. The SMILES string of the molecule is O=C1/C(=C\c2ccccn2)CCN(C(=O)c2ccc(O)cc2)C1c1ccccc1. The van der Waals surface area contributed by atoms with Crippen molar-refractivity contribution < 1.29 is 14.7 Å². The number of likely N-dealkylation sites (tertiary alicyclic amines) is 1. The van der Waals surface area contributed by atoms with Gasteiger partial charge in [-0.25, -0.2) is 0 Å². The molecule has 0 radical (unpaired) electrons. The van der Waals surface area contributed by atoms with E-state index < -0.39 is 6.04 Å². The summed E-state index contributed by atoms with van der Waals surface area (Å²) in [5, 5.41) is 9.50. The first-order chi connectivity index (χ1) is 14.1. The van der Waals surface area contributed by atoms with Gasteiger partial charge in [0.05, 0.1) is 5.69 Å². The predicted molar refractivity (Wildman–Crippen MR) is 110 cm³/mol. The standard InChI is InChI=1S/C24H20N2O3/c27-21-11-9-18(10-12-21)24(29)26-15-13-19(16-20-8-4-5-14-25-20)23(28)22(26)17-6-2-1-3-7-17/h1-12,14,16,22,27H,13,15H2/b19-16-. The number of hydrogen-bond donors (Lipinski definition) is 1. The Labute approximate surface area is 169 Å². The lowest BCUT2D eigenvalue weighted by Crippen LogP contribution is -2.44. The summed E-state index contributed by atoms with van der Waals surface area (Å²) in [7, 11) is 0. The molecule has 0 saturated carbocycles. The van der Waals surface area contributed by atoms with Gasteiger partial charge in [-0.05, 0) is 54.5 Å². The number of Topliss-reactive ketones (excluding diaryl/α,β-unsaturated/α-hetero) is 1. The Morgan fingerprint density at radius 3 is 2.41 bits per heavy atom. The fourth-order valence-electron chi connectivity index (χ4n) is 3.55. The molecular formula is C24H20N2O3. The lowest BCUT2D eigenvalue weighted by Gasteiger charge is -2.36. The first-order valence-corrected chi connectivity index (χ1v) is 9.44. The molecule has 144 valence electrons. The minimum atomic E-state index is -0.693. The lowest BCUT2D eigenvalue weighted by molar-refractivity contribution is -0.121. The molecule has 4 rings (SSSR count). The maximum Gasteiger partial charge on any atom is 0.254 e. The molecule has 1 aliphatic rings. The fraction of sp³-hybridized carbons (Fsp3) is 0.125. The van der Waals surface area contributed by atoms with Crippen molar-refractivity contribution in [1.82, 2.24) is 9.88 Å². The van der Waals surface area contributed by atoms with Gasteiger partial charge in [0.15, 0.2) is 5.78 Å². The summed E-state index contributed by atoms with van der Waals surface area (Å²) in [5.41, 5.74) is 2.60. The molecule has 0 bridgehead atoms. The van der Waals surface area contributed by atoms with Gasteiger partial charge in [0.25, 0.3) is 5.91 Å². The molecule has 1 aromatic heterocycles. The largest absolute Gasteiger partial charge is 0.508 e. The topological polar surface area (TPSA) is 70.5 Å². The number of aromatic hydroxyl groups is 1. The van der Waals surface area contributed by atoms with E-state index >= 15 is 0 Å². The van der Waals surface area contributed by atoms with Crippen LogP contribution in [0.1, 0.15) is 34.1 Å². The molecule has 1 amide bonds. The van der Waals surface area contributed by atoms with Gasteiger partial charge in [-0.2, -0.15) is 0 Å². The van der Waals surface area contributed by atoms with Crippen LogP contribution in [0.5, 0.6) is 5.75 Å². The van der Waals surface area contributed by atoms with Crippen LogP contribution >= 0.6 is 0 Å². The Hall–Kier alpha value is -3.73. The van der Waals surface area contributed by atoms with Crippen LogP contribution in [-0.4, -0.2) is 33.2 Å². The molecule has 3 aromatic rings. The van der Waals surface area contributed by atoms with E-state index in [0.717, 1.165) is 11.3 Å². The second-order valence-corrected chi connectivity index (χ2v) is 6.90. The Kier molecular flexibility index (Phi) is 5.20. The number of phenols is 1. The second-order valence-electron chi connectivity index (χ2n) is 6.90. The highest BCUT2D eigenvalue weighted by atomic mass is 16.3. The Bertz CT molecular complexity index is 1040. The minimum absolute atomic E-state index is 0.0939. The monoisotopic (exact) mass is 384 g/mol. The average Bonchev–Trinajstić information content (AvgIpc) is 2.76. The predicted octanol–water partition coefficient (Wildman–Crippen LogP) is 4.03. The summed E-state index contributed by atoms with van der Waals surface area (Å²) < 4.78 is 0. The molecule has 2 aromatic carbocycles. The van der Waals surface area contributed by atoms with Gasteiger partial charge in [-0.1, -0.05) is 36.4 Å². The summed E-state index contributed by atoms with van der Waals surface area (Å²) >= 11 is 0. The number of amides is 1. The van der Waals surface area contributed by atoms with Crippen molar-refractivity contribution >= 4 is 17.8 Å². The zero-order valence-corrected chi connectivity index (χ0v) is 15.7. The van der Waals surface area contributed by atoms with Gasteiger partial charge in [0, 0.05) is 23.9 Å². The van der Waals surface area contributed by atoms with E-state index in [9.17, 15) is 14.7 Å². The molecule has 1 saturated heterocycles. The van der Waals surface area contributed by atoms with E-state index in [4.69, 9.17) is 0 Å². The number of benzene rings is 2. The minimum Gasteiger partial charge on any atom is -0.508 e. The van der Waals surface area contributed by atoms with Crippen LogP contribution in [0.25, 0.3) is 6.08 Å². The van der Waals surface area contributed by atoms with Crippen LogP contribution in [0.4, 0.5) is 0 Å². The number of carbonyl (C=O) groups excluding carboxylic acids is 2. The van der Waals surface area contributed by atoms with Gasteiger partial charge in [0.1, 0.15) is 11.8 Å². The van der Waals surface area contributed by atoms with Gasteiger partial charge >= 0.3 is 0 Å². The third-order valence-corrected chi connectivity index (χ3v) is 5.00. The number of nitrogens with zero attached hydrogens (tertiary/aromatic N) is 2. The van der Waals surface area contributed by atoms with E-state index in [-0.39, 0.29) is 17.4 Å². The Balaban J connectivity index is 1.71. The quantitative estimate of drug-likeness (QED) is 0.692. The molecule has 1 unspecified atom stereocenters. The van der Waals surface area contributed by atoms with E-state index in [1.807, 2.05) is 48.5 Å². The second kappa shape index (κ2) is 8.10. The first-order valence-electron chi connectivity index (χ1n) is 9.44. The summed E-state index contributed by atoms with van der Waals surface area (Å²) in [6.07, 6.45) is 3.96. The summed E-state index contributed by atoms with van der Waals surface area (Å²) in [5.74, 6) is -0.235. The number of hydrogen-bond acceptors (Lipinski definition) is 4. The van der Waals surface area contributed by atoms with E-state index in [1.54, 1.807) is 29.3 Å². The number of aromatic nitrogens is 1. The van der Waals surface area contributed by atoms with Crippen LogP contribution < -0.4 is 0 Å². The molecule has 1 fully saturated rings. The maximum atomic E-state index is 13.4. The molecule has 5 heteroatoms. The molecule has 5 nitrogen and oxygen atoms in total. The molecule has 0 spiro atoms. The summed E-state index contributed by atoms with van der Waals surface area (Å²) in [6.45, 7) is 0.420. The van der Waals surface area contributed by atoms with Crippen LogP contribution in [0, 0.1) is 0 Å². The highest BCUT2D eigenvalue weighted by Crippen LogP contribution is 2.33. The third kappa shape index (κ3) is 3.94. The van der Waals surface area contributed by atoms with Gasteiger partial charge < -0.3 is 10.0 Å². The maximum absolute atomic E-state index is 13.4. The highest BCUT2D eigenvalue weighted by Gasteiger charge is 2.37. The molecular weight excluding hydrogens is 364 g/mol. The molecule has 1 aliphatic heterocycles. The zero-order chi connectivity index (χ0) is 20.2. The van der Waals surface area contributed by atoms with Crippen molar-refractivity contribution in [2.45, 2.75) is 12.5 Å². The fourth-order valence-corrected chi connectivity index (χ4v) is 3.55. The van der Waals surface area contributed by atoms with Crippen molar-refractivity contribution in [1.29, 1.82) is 0 Å². The van der Waals surface area contributed by atoms with Crippen LogP contribution in [0.2, 0.25) is 0 Å². The van der Waals surface area contributed by atoms with Crippen molar-refractivity contribution in [3.8, 4) is 5.75 Å². The van der Waals surface area contributed by atoms with Crippen molar-refractivity contribution in [2.75, 3.05) is 6.54 Å². The number of carbonyl (C=O) groups is 2. The average molecular weight is 384 g/mol. The highest BCUT2D eigenvalue weighted by molar-refractivity contribution is 6.07. The zero-order valence-electron chi connectivity index (χ0n) is 15.7. The first kappa shape index (κ1) is 18.6. The summed E-state index contributed by atoms with van der Waals surface area (Å²) in [4.78, 5) is 32.5. The van der Waals surface area contributed by atoms with Crippen molar-refractivity contribution in [2.24, 2.45) is 0 Å². The molecule has 1 N–H and O–H groups in total. The molecule has 29 heavy (non-hydrogen) atoms. The Morgan fingerprint density at radius 2 is 1.72 bits per heavy atom. The number of pyridine rings is 1.